The minimum atomic E-state index is -0.314. The topological polar surface area (TPSA) is 83.1 Å². The summed E-state index contributed by atoms with van der Waals surface area (Å²) < 4.78 is 18.7. The fourth-order valence-electron chi connectivity index (χ4n) is 3.14. The zero-order valence-electron chi connectivity index (χ0n) is 15.1. The van der Waals surface area contributed by atoms with E-state index in [0.29, 0.717) is 42.6 Å². The van der Waals surface area contributed by atoms with Gasteiger partial charge in [0.05, 0.1) is 0 Å². The number of carbonyl (C=O) groups is 1. The van der Waals surface area contributed by atoms with E-state index in [-0.39, 0.29) is 24.4 Å². The lowest BCUT2D eigenvalue weighted by molar-refractivity contribution is -0.137. The number of nitrogens with one attached hydrogen (secondary N) is 2. The van der Waals surface area contributed by atoms with E-state index in [1.165, 1.54) is 12.1 Å². The second kappa shape index (κ2) is 8.18. The Bertz CT molecular complexity index is 929. The first-order valence-corrected chi connectivity index (χ1v) is 9.07. The summed E-state index contributed by atoms with van der Waals surface area (Å²) >= 11 is 0. The lowest BCUT2D eigenvalue weighted by atomic mass is 10.1. The summed E-state index contributed by atoms with van der Waals surface area (Å²) in [5.41, 5.74) is 0.706. The number of aromatic amines is 1. The number of aromatic nitrogens is 3. The monoisotopic (exact) mass is 381 g/mol. The van der Waals surface area contributed by atoms with Gasteiger partial charge in [0.25, 0.3) is 5.91 Å². The summed E-state index contributed by atoms with van der Waals surface area (Å²) in [5.74, 6) is 1.27. The Kier molecular flexibility index (Phi) is 5.29. The molecule has 0 spiro atoms. The first-order valence-electron chi connectivity index (χ1n) is 9.07. The van der Waals surface area contributed by atoms with Crippen molar-refractivity contribution in [1.82, 2.24) is 25.4 Å². The SMILES string of the molecule is O=C(COc1ccccc1)N1CCNCC1c1nc(-c2ccc(F)cc2)n[nH]1. The van der Waals surface area contributed by atoms with Gasteiger partial charge in [-0.25, -0.2) is 9.37 Å². The standard InChI is InChI=1S/C20H20FN5O2/c21-15-8-6-14(7-9-15)19-23-20(25-24-19)17-12-22-10-11-26(17)18(27)13-28-16-4-2-1-3-5-16/h1-9,17,22H,10-13H2,(H,23,24,25). The van der Waals surface area contributed by atoms with Crippen molar-refractivity contribution in [3.8, 4) is 17.1 Å². The average Bonchev–Trinajstić information content (AvgIpc) is 3.23. The smallest absolute Gasteiger partial charge is 0.261 e. The molecule has 1 aliphatic rings. The molecule has 2 N–H and O–H groups in total. The Balaban J connectivity index is 1.47. The van der Waals surface area contributed by atoms with E-state index >= 15 is 0 Å². The molecule has 1 aromatic heterocycles. The average molecular weight is 381 g/mol. The number of halogens is 1. The number of hydrogen-bond acceptors (Lipinski definition) is 5. The van der Waals surface area contributed by atoms with Gasteiger partial charge in [-0.1, -0.05) is 18.2 Å². The molecular formula is C20H20FN5O2. The summed E-state index contributed by atoms with van der Waals surface area (Å²) in [6.45, 7) is 1.77. The molecule has 1 unspecified atom stereocenters. The van der Waals surface area contributed by atoms with Crippen LogP contribution in [0.3, 0.4) is 0 Å². The molecule has 0 radical (unpaired) electrons. The number of H-pyrrole nitrogens is 1. The van der Waals surface area contributed by atoms with Crippen molar-refractivity contribution in [2.75, 3.05) is 26.2 Å². The fraction of sp³-hybridized carbons (Fsp3) is 0.250. The third kappa shape index (κ3) is 4.01. The lowest BCUT2D eigenvalue weighted by Gasteiger charge is -2.34. The van der Waals surface area contributed by atoms with E-state index in [2.05, 4.69) is 20.5 Å². The van der Waals surface area contributed by atoms with Gasteiger partial charge < -0.3 is 15.0 Å². The highest BCUT2D eigenvalue weighted by Gasteiger charge is 2.30. The second-order valence-electron chi connectivity index (χ2n) is 6.46. The zero-order chi connectivity index (χ0) is 19.3. The van der Waals surface area contributed by atoms with Gasteiger partial charge in [-0.15, -0.1) is 0 Å². The summed E-state index contributed by atoms with van der Waals surface area (Å²) in [7, 11) is 0. The molecule has 1 aliphatic heterocycles. The first kappa shape index (κ1) is 18.1. The molecule has 0 saturated carbocycles. The molecule has 0 bridgehead atoms. The lowest BCUT2D eigenvalue weighted by Crippen LogP contribution is -2.50. The van der Waals surface area contributed by atoms with Gasteiger partial charge in [0.2, 0.25) is 0 Å². The molecule has 0 aliphatic carbocycles. The van der Waals surface area contributed by atoms with Gasteiger partial charge in [0.1, 0.15) is 23.4 Å². The Morgan fingerprint density at radius 3 is 2.75 bits per heavy atom. The van der Waals surface area contributed by atoms with E-state index in [1.807, 2.05) is 30.3 Å². The van der Waals surface area contributed by atoms with Crippen LogP contribution < -0.4 is 10.1 Å². The van der Waals surface area contributed by atoms with Crippen LogP contribution in [0, 0.1) is 5.82 Å². The minimum absolute atomic E-state index is 0.0422. The predicted molar refractivity (Wildman–Crippen MR) is 101 cm³/mol. The molecule has 1 amide bonds. The number of amides is 1. The normalized spacial score (nSPS) is 16.8. The van der Waals surface area contributed by atoms with Gasteiger partial charge in [0.15, 0.2) is 12.4 Å². The van der Waals surface area contributed by atoms with Crippen LogP contribution in [-0.4, -0.2) is 52.2 Å². The molecule has 7 nitrogen and oxygen atoms in total. The van der Waals surface area contributed by atoms with Crippen molar-refractivity contribution in [3.63, 3.8) is 0 Å². The molecule has 8 heteroatoms. The first-order chi connectivity index (χ1) is 13.7. The summed E-state index contributed by atoms with van der Waals surface area (Å²) in [5, 5.41) is 10.4. The van der Waals surface area contributed by atoms with Gasteiger partial charge in [-0.2, -0.15) is 5.10 Å². The van der Waals surface area contributed by atoms with Crippen LogP contribution in [-0.2, 0) is 4.79 Å². The molecule has 1 saturated heterocycles. The van der Waals surface area contributed by atoms with Gasteiger partial charge in [-0.3, -0.25) is 9.89 Å². The van der Waals surface area contributed by atoms with Crippen LogP contribution in [0.1, 0.15) is 11.9 Å². The molecular weight excluding hydrogens is 361 g/mol. The number of rotatable bonds is 5. The molecule has 1 atom stereocenters. The van der Waals surface area contributed by atoms with Crippen LogP contribution in [0.15, 0.2) is 54.6 Å². The molecule has 2 aromatic carbocycles. The molecule has 4 rings (SSSR count). The predicted octanol–water partition coefficient (Wildman–Crippen LogP) is 2.16. The maximum Gasteiger partial charge on any atom is 0.261 e. The van der Waals surface area contributed by atoms with E-state index in [0.717, 1.165) is 0 Å². The van der Waals surface area contributed by atoms with E-state index < -0.39 is 0 Å². The number of ether oxygens (including phenoxy) is 1. The Morgan fingerprint density at radius 2 is 1.96 bits per heavy atom. The van der Waals surface area contributed by atoms with Crippen LogP contribution in [0.4, 0.5) is 4.39 Å². The van der Waals surface area contributed by atoms with Crippen LogP contribution >= 0.6 is 0 Å². The van der Waals surface area contributed by atoms with Crippen LogP contribution in [0.2, 0.25) is 0 Å². The highest BCUT2D eigenvalue weighted by Crippen LogP contribution is 2.22. The number of nitrogens with zero attached hydrogens (tertiary/aromatic N) is 3. The molecule has 144 valence electrons. The summed E-state index contributed by atoms with van der Waals surface area (Å²) in [4.78, 5) is 19.0. The maximum absolute atomic E-state index is 13.1. The number of carbonyl (C=O) groups excluding carboxylic acids is 1. The summed E-state index contributed by atoms with van der Waals surface area (Å²) in [6.07, 6.45) is 0. The largest absolute Gasteiger partial charge is 0.484 e. The van der Waals surface area contributed by atoms with Gasteiger partial charge >= 0.3 is 0 Å². The number of para-hydroxylation sites is 1. The minimum Gasteiger partial charge on any atom is -0.484 e. The fourth-order valence-corrected chi connectivity index (χ4v) is 3.14. The van der Waals surface area contributed by atoms with E-state index in [1.54, 1.807) is 17.0 Å². The molecule has 2 heterocycles. The Labute approximate surface area is 161 Å². The van der Waals surface area contributed by atoms with Gasteiger partial charge in [-0.05, 0) is 36.4 Å². The van der Waals surface area contributed by atoms with Crippen molar-refractivity contribution >= 4 is 5.91 Å². The van der Waals surface area contributed by atoms with Crippen molar-refractivity contribution < 1.29 is 13.9 Å². The van der Waals surface area contributed by atoms with Crippen molar-refractivity contribution in [1.29, 1.82) is 0 Å². The third-order valence-corrected chi connectivity index (χ3v) is 4.59. The van der Waals surface area contributed by atoms with Crippen LogP contribution in [0.25, 0.3) is 11.4 Å². The Hall–Kier alpha value is -3.26. The molecule has 3 aromatic rings. The quantitative estimate of drug-likeness (QED) is 0.708. The second-order valence-corrected chi connectivity index (χ2v) is 6.46. The molecule has 28 heavy (non-hydrogen) atoms. The Morgan fingerprint density at radius 1 is 1.18 bits per heavy atom. The van der Waals surface area contributed by atoms with Crippen molar-refractivity contribution in [3.05, 3.63) is 66.2 Å². The highest BCUT2D eigenvalue weighted by molar-refractivity contribution is 5.78. The van der Waals surface area contributed by atoms with Gasteiger partial charge in [0, 0.05) is 25.2 Å². The number of benzene rings is 2. The van der Waals surface area contributed by atoms with Crippen molar-refractivity contribution in [2.45, 2.75) is 6.04 Å². The third-order valence-electron chi connectivity index (χ3n) is 4.59. The molecule has 1 fully saturated rings. The maximum atomic E-state index is 13.1. The van der Waals surface area contributed by atoms with Crippen molar-refractivity contribution in [2.24, 2.45) is 0 Å². The number of hydrogen-bond donors (Lipinski definition) is 2. The van der Waals surface area contributed by atoms with E-state index in [4.69, 9.17) is 4.74 Å². The van der Waals surface area contributed by atoms with E-state index in [9.17, 15) is 9.18 Å². The zero-order valence-corrected chi connectivity index (χ0v) is 15.1. The summed E-state index contributed by atoms with van der Waals surface area (Å²) in [6, 6.07) is 14.9. The van der Waals surface area contributed by atoms with Crippen LogP contribution in [0.5, 0.6) is 5.75 Å². The highest BCUT2D eigenvalue weighted by atomic mass is 19.1. The number of piperazine rings is 1.